The fourth-order valence-electron chi connectivity index (χ4n) is 5.17. The molecule has 1 aromatic rings. The van der Waals surface area contributed by atoms with Gasteiger partial charge in [0.2, 0.25) is 0 Å². The second kappa shape index (κ2) is 10.1. The molecular weight excluding hydrogens is 358 g/mol. The summed E-state index contributed by atoms with van der Waals surface area (Å²) in [5.41, 5.74) is 1.43. The van der Waals surface area contributed by atoms with E-state index >= 15 is 0 Å². The average molecular weight is 396 g/mol. The number of likely N-dealkylation sites (tertiary alicyclic amines) is 1. The van der Waals surface area contributed by atoms with Crippen LogP contribution in [0, 0.1) is 11.8 Å². The molecule has 0 aromatic heterocycles. The van der Waals surface area contributed by atoms with E-state index in [9.17, 15) is 5.11 Å². The van der Waals surface area contributed by atoms with Crippen LogP contribution in [0.4, 0.5) is 0 Å². The van der Waals surface area contributed by atoms with Crippen LogP contribution in [0.15, 0.2) is 24.3 Å². The van der Waals surface area contributed by atoms with E-state index < -0.39 is 0 Å². The minimum atomic E-state index is 0. The van der Waals surface area contributed by atoms with E-state index in [1.165, 1.54) is 37.7 Å². The maximum absolute atomic E-state index is 9.87. The highest BCUT2D eigenvalue weighted by Crippen LogP contribution is 2.40. The highest BCUT2D eigenvalue weighted by Gasteiger charge is 2.38. The van der Waals surface area contributed by atoms with Crippen molar-refractivity contribution in [3.05, 3.63) is 29.8 Å². The van der Waals surface area contributed by atoms with Crippen molar-refractivity contribution < 1.29 is 9.84 Å². The fourth-order valence-corrected chi connectivity index (χ4v) is 5.17. The molecule has 0 radical (unpaired) electrons. The first-order chi connectivity index (χ1) is 12.5. The van der Waals surface area contributed by atoms with E-state index in [1.807, 2.05) is 19.2 Å². The molecule has 27 heavy (non-hydrogen) atoms. The second-order valence-electron chi connectivity index (χ2n) is 8.88. The summed E-state index contributed by atoms with van der Waals surface area (Å²) in [4.78, 5) is 2.63. The van der Waals surface area contributed by atoms with Crippen molar-refractivity contribution in [2.45, 2.75) is 70.3 Å². The van der Waals surface area contributed by atoms with Crippen molar-refractivity contribution in [1.82, 2.24) is 4.90 Å². The minimum Gasteiger partial charge on any atom is -0.508 e. The Bertz CT molecular complexity index is 575. The largest absolute Gasteiger partial charge is 0.508 e. The molecule has 2 aliphatic rings. The first-order valence-corrected chi connectivity index (χ1v) is 10.6. The van der Waals surface area contributed by atoms with Crippen molar-refractivity contribution in [1.29, 1.82) is 0 Å². The summed E-state index contributed by atoms with van der Waals surface area (Å²) in [5.74, 6) is 1.73. The van der Waals surface area contributed by atoms with E-state index in [-0.39, 0.29) is 17.8 Å². The zero-order chi connectivity index (χ0) is 18.6. The normalized spacial score (nSPS) is 28.5. The number of methoxy groups -OCH3 is 1. The van der Waals surface area contributed by atoms with Crippen molar-refractivity contribution in [2.75, 3.05) is 26.7 Å². The molecule has 1 heterocycles. The SMILES string of the molecule is CO[C@H](CCN1CC[C@](C)(c2cccc(O)c2)[C@@H](C)C1)C1CCCCC1.Cl. The topological polar surface area (TPSA) is 32.7 Å². The molecule has 2 fully saturated rings. The molecule has 3 nitrogen and oxygen atoms in total. The van der Waals surface area contributed by atoms with Crippen LogP contribution in [0.2, 0.25) is 0 Å². The van der Waals surface area contributed by atoms with E-state index in [2.05, 4.69) is 24.8 Å². The van der Waals surface area contributed by atoms with Crippen LogP contribution in [0.3, 0.4) is 0 Å². The molecule has 1 saturated carbocycles. The van der Waals surface area contributed by atoms with Gasteiger partial charge in [0.25, 0.3) is 0 Å². The van der Waals surface area contributed by atoms with Crippen LogP contribution in [0.5, 0.6) is 5.75 Å². The third-order valence-electron chi connectivity index (χ3n) is 7.28. The molecule has 4 heteroatoms. The summed E-state index contributed by atoms with van der Waals surface area (Å²) in [5, 5.41) is 9.87. The quantitative estimate of drug-likeness (QED) is 0.699. The lowest BCUT2D eigenvalue weighted by molar-refractivity contribution is 0.0158. The van der Waals surface area contributed by atoms with Crippen molar-refractivity contribution in [3.8, 4) is 5.75 Å². The predicted octanol–water partition coefficient (Wildman–Crippen LogP) is 5.40. The van der Waals surface area contributed by atoms with Gasteiger partial charge >= 0.3 is 0 Å². The third kappa shape index (κ3) is 5.40. The van der Waals surface area contributed by atoms with Gasteiger partial charge in [-0.1, -0.05) is 45.2 Å². The molecule has 3 atom stereocenters. The van der Waals surface area contributed by atoms with E-state index in [0.29, 0.717) is 17.8 Å². The summed E-state index contributed by atoms with van der Waals surface area (Å²) in [6.07, 6.45) is 9.63. The lowest BCUT2D eigenvalue weighted by Gasteiger charge is -2.45. The Balaban J connectivity index is 0.00000261. The van der Waals surface area contributed by atoms with Gasteiger partial charge in [0, 0.05) is 20.2 Å². The second-order valence-corrected chi connectivity index (χ2v) is 8.88. The third-order valence-corrected chi connectivity index (χ3v) is 7.28. The number of benzene rings is 1. The number of hydrogen-bond donors (Lipinski definition) is 1. The van der Waals surface area contributed by atoms with Crippen LogP contribution >= 0.6 is 12.4 Å². The highest BCUT2D eigenvalue weighted by molar-refractivity contribution is 5.85. The zero-order valence-corrected chi connectivity index (χ0v) is 18.1. The standard InChI is InChI=1S/C23H37NO2.ClH/c1-18-17-24(14-12-22(26-3)19-8-5-4-6-9-19)15-13-23(18,2)20-10-7-11-21(25)16-20;/h7,10-11,16,18-19,22,25H,4-6,8-9,12-15,17H2,1-3H3;1H/t18-,22+,23-;/m0./s1. The summed E-state index contributed by atoms with van der Waals surface area (Å²) in [6, 6.07) is 7.87. The summed E-state index contributed by atoms with van der Waals surface area (Å²) >= 11 is 0. The number of hydrogen-bond acceptors (Lipinski definition) is 3. The van der Waals surface area contributed by atoms with Gasteiger partial charge in [0.05, 0.1) is 6.10 Å². The number of rotatable bonds is 6. The molecular formula is C23H38ClNO2. The number of piperidine rings is 1. The van der Waals surface area contributed by atoms with Crippen LogP contribution in [0.1, 0.15) is 64.4 Å². The van der Waals surface area contributed by atoms with Crippen molar-refractivity contribution >= 4 is 12.4 Å². The Morgan fingerprint density at radius 1 is 1.26 bits per heavy atom. The Morgan fingerprint density at radius 3 is 2.63 bits per heavy atom. The van der Waals surface area contributed by atoms with E-state index in [4.69, 9.17) is 4.74 Å². The van der Waals surface area contributed by atoms with Crippen LogP contribution in [-0.4, -0.2) is 42.9 Å². The summed E-state index contributed by atoms with van der Waals surface area (Å²) in [7, 11) is 1.90. The Kier molecular flexibility index (Phi) is 8.45. The zero-order valence-electron chi connectivity index (χ0n) is 17.3. The number of ether oxygens (including phenoxy) is 1. The van der Waals surface area contributed by atoms with Crippen molar-refractivity contribution in [2.24, 2.45) is 11.8 Å². The molecule has 1 aliphatic carbocycles. The minimum absolute atomic E-state index is 0. The van der Waals surface area contributed by atoms with Crippen LogP contribution in [0.25, 0.3) is 0 Å². The lowest BCUT2D eigenvalue weighted by Crippen LogP contribution is -2.48. The highest BCUT2D eigenvalue weighted by atomic mass is 35.5. The van der Waals surface area contributed by atoms with Gasteiger partial charge in [-0.3, -0.25) is 0 Å². The summed E-state index contributed by atoms with van der Waals surface area (Å²) < 4.78 is 5.88. The van der Waals surface area contributed by atoms with Crippen molar-refractivity contribution in [3.63, 3.8) is 0 Å². The number of nitrogens with zero attached hydrogens (tertiary/aromatic N) is 1. The smallest absolute Gasteiger partial charge is 0.115 e. The number of halogens is 1. The average Bonchev–Trinajstić information content (AvgIpc) is 2.66. The van der Waals surface area contributed by atoms with E-state index in [1.54, 1.807) is 6.07 Å². The first-order valence-electron chi connectivity index (χ1n) is 10.6. The van der Waals surface area contributed by atoms with Crippen LogP contribution in [-0.2, 0) is 10.2 Å². The van der Waals surface area contributed by atoms with Crippen LogP contribution < -0.4 is 0 Å². The predicted molar refractivity (Wildman–Crippen MR) is 115 cm³/mol. The van der Waals surface area contributed by atoms with Gasteiger partial charge in [0.1, 0.15) is 5.75 Å². The number of aromatic hydroxyl groups is 1. The number of phenols is 1. The molecule has 3 rings (SSSR count). The molecule has 0 unspecified atom stereocenters. The number of phenolic OH excluding ortho intramolecular Hbond substituents is 1. The first kappa shape index (κ1) is 22.5. The van der Waals surface area contributed by atoms with Gasteiger partial charge < -0.3 is 14.7 Å². The summed E-state index contributed by atoms with van der Waals surface area (Å²) in [6.45, 7) is 8.15. The van der Waals surface area contributed by atoms with Gasteiger partial charge in [-0.05, 0) is 67.2 Å². The molecule has 1 N–H and O–H groups in total. The Morgan fingerprint density at radius 2 is 2.00 bits per heavy atom. The Labute approximate surface area is 171 Å². The maximum Gasteiger partial charge on any atom is 0.115 e. The van der Waals surface area contributed by atoms with Gasteiger partial charge in [-0.25, -0.2) is 0 Å². The maximum atomic E-state index is 9.87. The molecule has 1 saturated heterocycles. The van der Waals surface area contributed by atoms with Gasteiger partial charge in [-0.2, -0.15) is 0 Å². The molecule has 154 valence electrons. The lowest BCUT2D eigenvalue weighted by atomic mass is 9.68. The molecule has 0 spiro atoms. The van der Waals surface area contributed by atoms with Gasteiger partial charge in [-0.15, -0.1) is 12.4 Å². The fraction of sp³-hybridized carbons (Fsp3) is 0.739. The molecule has 1 aliphatic heterocycles. The van der Waals surface area contributed by atoms with E-state index in [0.717, 1.165) is 38.4 Å². The molecule has 0 bridgehead atoms. The Hall–Kier alpha value is -0.770. The monoisotopic (exact) mass is 395 g/mol. The molecule has 0 amide bonds. The molecule has 1 aromatic carbocycles. The van der Waals surface area contributed by atoms with Gasteiger partial charge in [0.15, 0.2) is 0 Å².